The fourth-order valence-corrected chi connectivity index (χ4v) is 2.91. The van der Waals surface area contributed by atoms with Crippen LogP contribution in [0.5, 0.6) is 0 Å². The molecule has 1 heterocycles. The summed E-state index contributed by atoms with van der Waals surface area (Å²) in [7, 11) is 0. The molecule has 0 aromatic heterocycles. The third-order valence-corrected chi connectivity index (χ3v) is 4.70. The van der Waals surface area contributed by atoms with E-state index in [9.17, 15) is 4.79 Å². The standard InChI is InChI=1S/C12H23N3OS/c1-5-12(6-2)8-17-10(15-12)14-7-11(3,4)9(13)16/h5-8H2,1-4H3,(H2,13,16)(H,14,15). The van der Waals surface area contributed by atoms with Crippen LogP contribution in [0.25, 0.3) is 0 Å². The zero-order chi connectivity index (χ0) is 13.1. The fourth-order valence-electron chi connectivity index (χ4n) is 1.57. The van der Waals surface area contributed by atoms with Gasteiger partial charge >= 0.3 is 0 Å². The Morgan fingerprint density at radius 1 is 1.53 bits per heavy atom. The van der Waals surface area contributed by atoms with E-state index < -0.39 is 5.41 Å². The smallest absolute Gasteiger partial charge is 0.224 e. The first-order valence-corrected chi connectivity index (χ1v) is 7.09. The first-order chi connectivity index (χ1) is 7.85. The number of nitrogens with two attached hydrogens (primary N) is 1. The topological polar surface area (TPSA) is 67.5 Å². The van der Waals surface area contributed by atoms with Crippen molar-refractivity contribution in [2.45, 2.75) is 46.1 Å². The number of carbonyl (C=O) groups excluding carboxylic acids is 1. The lowest BCUT2D eigenvalue weighted by molar-refractivity contribution is -0.125. The molecule has 3 N–H and O–H groups in total. The van der Waals surface area contributed by atoms with Gasteiger partial charge in [0.1, 0.15) is 0 Å². The predicted molar refractivity (Wildman–Crippen MR) is 74.2 cm³/mol. The van der Waals surface area contributed by atoms with E-state index in [2.05, 4.69) is 24.2 Å². The van der Waals surface area contributed by atoms with Crippen molar-refractivity contribution in [3.05, 3.63) is 0 Å². The lowest BCUT2D eigenvalue weighted by Crippen LogP contribution is -2.42. The van der Waals surface area contributed by atoms with E-state index >= 15 is 0 Å². The summed E-state index contributed by atoms with van der Waals surface area (Å²) in [5.41, 5.74) is 4.94. The number of nitrogens with one attached hydrogen (secondary N) is 1. The number of nitrogens with zero attached hydrogens (tertiary/aromatic N) is 1. The Bertz CT molecular complexity index is 322. The molecule has 0 spiro atoms. The number of amidine groups is 1. The van der Waals surface area contributed by atoms with Crippen molar-refractivity contribution in [3.63, 3.8) is 0 Å². The SMILES string of the molecule is CCC1(CC)CSC(=NCC(C)(C)C(N)=O)N1. The van der Waals surface area contributed by atoms with E-state index in [1.807, 2.05) is 13.8 Å². The molecule has 0 aromatic carbocycles. The van der Waals surface area contributed by atoms with E-state index in [1.54, 1.807) is 11.8 Å². The van der Waals surface area contributed by atoms with Gasteiger partial charge in [-0.3, -0.25) is 9.79 Å². The van der Waals surface area contributed by atoms with Gasteiger partial charge in [-0.25, -0.2) is 0 Å². The van der Waals surface area contributed by atoms with Gasteiger partial charge in [-0.2, -0.15) is 0 Å². The Morgan fingerprint density at radius 2 is 2.12 bits per heavy atom. The third-order valence-electron chi connectivity index (χ3n) is 3.50. The van der Waals surface area contributed by atoms with Gasteiger partial charge in [0.15, 0.2) is 5.17 Å². The van der Waals surface area contributed by atoms with Crippen molar-refractivity contribution >= 4 is 22.8 Å². The van der Waals surface area contributed by atoms with E-state index in [0.717, 1.165) is 23.8 Å². The first-order valence-electron chi connectivity index (χ1n) is 6.10. The van der Waals surface area contributed by atoms with Crippen LogP contribution in [0.2, 0.25) is 0 Å². The maximum Gasteiger partial charge on any atom is 0.224 e. The molecule has 5 heteroatoms. The number of hydrogen-bond acceptors (Lipinski definition) is 3. The Morgan fingerprint density at radius 3 is 2.53 bits per heavy atom. The molecule has 0 atom stereocenters. The Kier molecular flexibility index (Phi) is 4.47. The Hall–Kier alpha value is -0.710. The molecule has 1 fully saturated rings. The van der Waals surface area contributed by atoms with Crippen LogP contribution in [0.15, 0.2) is 4.99 Å². The predicted octanol–water partition coefficient (Wildman–Crippen LogP) is 1.75. The normalized spacial score (nSPS) is 21.5. The Balaban J connectivity index is 2.63. The highest BCUT2D eigenvalue weighted by Gasteiger charge is 2.34. The highest BCUT2D eigenvalue weighted by Crippen LogP contribution is 2.29. The molecule has 17 heavy (non-hydrogen) atoms. The second-order valence-electron chi connectivity index (χ2n) is 5.27. The molecule has 1 amide bonds. The van der Waals surface area contributed by atoms with Crippen molar-refractivity contribution in [2.24, 2.45) is 16.1 Å². The van der Waals surface area contributed by atoms with Crippen molar-refractivity contribution < 1.29 is 4.79 Å². The van der Waals surface area contributed by atoms with Crippen molar-refractivity contribution in [1.82, 2.24) is 5.32 Å². The van der Waals surface area contributed by atoms with Crippen molar-refractivity contribution in [3.8, 4) is 0 Å². The second kappa shape index (κ2) is 5.29. The molecular formula is C12H23N3OS. The van der Waals surface area contributed by atoms with Gasteiger partial charge in [-0.15, -0.1) is 0 Å². The van der Waals surface area contributed by atoms with Gasteiger partial charge < -0.3 is 11.1 Å². The van der Waals surface area contributed by atoms with Gasteiger partial charge in [0.05, 0.1) is 12.0 Å². The minimum atomic E-state index is -0.571. The molecule has 98 valence electrons. The molecule has 1 saturated heterocycles. The van der Waals surface area contributed by atoms with Crippen LogP contribution in [0.3, 0.4) is 0 Å². The largest absolute Gasteiger partial charge is 0.369 e. The van der Waals surface area contributed by atoms with Crippen LogP contribution in [-0.4, -0.2) is 28.9 Å². The number of carbonyl (C=O) groups is 1. The van der Waals surface area contributed by atoms with Crippen molar-refractivity contribution in [2.75, 3.05) is 12.3 Å². The van der Waals surface area contributed by atoms with E-state index in [0.29, 0.717) is 6.54 Å². The van der Waals surface area contributed by atoms with Crippen LogP contribution in [0.1, 0.15) is 40.5 Å². The first kappa shape index (κ1) is 14.4. The van der Waals surface area contributed by atoms with Crippen molar-refractivity contribution in [1.29, 1.82) is 0 Å². The van der Waals surface area contributed by atoms with Gasteiger partial charge in [0.2, 0.25) is 5.91 Å². The highest BCUT2D eigenvalue weighted by atomic mass is 32.2. The molecular weight excluding hydrogens is 234 g/mol. The van der Waals surface area contributed by atoms with Crippen LogP contribution in [-0.2, 0) is 4.79 Å². The molecule has 0 aromatic rings. The molecule has 0 saturated carbocycles. The average Bonchev–Trinajstić information content (AvgIpc) is 2.71. The summed E-state index contributed by atoms with van der Waals surface area (Å²) in [5.74, 6) is 0.748. The zero-order valence-electron chi connectivity index (χ0n) is 11.2. The summed E-state index contributed by atoms with van der Waals surface area (Å²) in [6.07, 6.45) is 2.18. The minimum Gasteiger partial charge on any atom is -0.369 e. The van der Waals surface area contributed by atoms with E-state index in [1.165, 1.54) is 0 Å². The molecule has 0 unspecified atom stereocenters. The maximum atomic E-state index is 11.2. The van der Waals surface area contributed by atoms with Gasteiger partial charge in [0, 0.05) is 11.3 Å². The Labute approximate surface area is 108 Å². The minimum absolute atomic E-state index is 0.181. The van der Waals surface area contributed by atoms with Crippen LogP contribution in [0.4, 0.5) is 0 Å². The average molecular weight is 257 g/mol. The number of primary amides is 1. The number of thioether (sulfide) groups is 1. The summed E-state index contributed by atoms with van der Waals surface area (Å²) in [5, 5.41) is 4.42. The third kappa shape index (κ3) is 3.37. The zero-order valence-corrected chi connectivity index (χ0v) is 12.0. The molecule has 0 radical (unpaired) electrons. The molecule has 0 aliphatic carbocycles. The van der Waals surface area contributed by atoms with Gasteiger partial charge in [-0.05, 0) is 26.7 Å². The molecule has 1 rings (SSSR count). The fraction of sp³-hybridized carbons (Fsp3) is 0.833. The number of aliphatic imine (C=N–C) groups is 1. The molecule has 1 aliphatic heterocycles. The van der Waals surface area contributed by atoms with Gasteiger partial charge in [-0.1, -0.05) is 25.6 Å². The maximum absolute atomic E-state index is 11.2. The van der Waals surface area contributed by atoms with Crippen LogP contribution in [0, 0.1) is 5.41 Å². The molecule has 0 bridgehead atoms. The lowest BCUT2D eigenvalue weighted by Gasteiger charge is -2.25. The quantitative estimate of drug-likeness (QED) is 0.788. The summed E-state index contributed by atoms with van der Waals surface area (Å²) in [4.78, 5) is 15.7. The van der Waals surface area contributed by atoms with Gasteiger partial charge in [0.25, 0.3) is 0 Å². The van der Waals surface area contributed by atoms with E-state index in [-0.39, 0.29) is 11.4 Å². The summed E-state index contributed by atoms with van der Waals surface area (Å²) in [6, 6.07) is 0. The highest BCUT2D eigenvalue weighted by molar-refractivity contribution is 8.14. The summed E-state index contributed by atoms with van der Waals surface area (Å²) in [6.45, 7) is 8.47. The lowest BCUT2D eigenvalue weighted by atomic mass is 9.93. The summed E-state index contributed by atoms with van der Waals surface area (Å²) < 4.78 is 0. The monoisotopic (exact) mass is 257 g/mol. The second-order valence-corrected chi connectivity index (χ2v) is 6.23. The molecule has 1 aliphatic rings. The van der Waals surface area contributed by atoms with E-state index in [4.69, 9.17) is 5.73 Å². The molecule has 4 nitrogen and oxygen atoms in total. The summed E-state index contributed by atoms with van der Waals surface area (Å²) >= 11 is 1.74. The number of hydrogen-bond donors (Lipinski definition) is 2. The number of amides is 1. The number of rotatable bonds is 5. The van der Waals surface area contributed by atoms with Crippen LogP contribution < -0.4 is 11.1 Å². The van der Waals surface area contributed by atoms with Crippen LogP contribution >= 0.6 is 11.8 Å².